The molecular formula is C11H13F2NOS. The van der Waals surface area contributed by atoms with Gasteiger partial charge in [-0.15, -0.1) is 0 Å². The first-order valence-electron chi connectivity index (χ1n) is 5.00. The van der Waals surface area contributed by atoms with Gasteiger partial charge in [-0.2, -0.15) is 4.40 Å². The van der Waals surface area contributed by atoms with E-state index in [9.17, 15) is 13.0 Å². The van der Waals surface area contributed by atoms with E-state index < -0.39 is 22.6 Å². The molecule has 5 heteroatoms. The molecular weight excluding hydrogens is 232 g/mol. The van der Waals surface area contributed by atoms with Crippen LogP contribution in [0.3, 0.4) is 0 Å². The summed E-state index contributed by atoms with van der Waals surface area (Å²) >= 11 is 0. The van der Waals surface area contributed by atoms with Crippen molar-refractivity contribution in [2.75, 3.05) is 5.75 Å². The molecule has 0 unspecified atom stereocenters. The number of hydrogen-bond donors (Lipinski definition) is 0. The third-order valence-electron chi connectivity index (χ3n) is 1.88. The molecule has 0 fully saturated rings. The molecule has 0 amide bonds. The second-order valence-corrected chi connectivity index (χ2v) is 4.58. The molecule has 0 spiro atoms. The maximum absolute atomic E-state index is 12.8. The van der Waals surface area contributed by atoms with Gasteiger partial charge in [0.15, 0.2) is 0 Å². The molecule has 88 valence electrons. The van der Waals surface area contributed by atoms with Gasteiger partial charge < -0.3 is 0 Å². The molecule has 0 aromatic heterocycles. The summed E-state index contributed by atoms with van der Waals surface area (Å²) in [6.45, 7) is 1.99. The smallest absolute Gasteiger partial charge is 0.139 e. The van der Waals surface area contributed by atoms with E-state index in [1.54, 1.807) is 0 Å². The lowest BCUT2D eigenvalue weighted by molar-refractivity contribution is 0.583. The molecule has 1 atom stereocenters. The zero-order valence-electron chi connectivity index (χ0n) is 8.95. The van der Waals surface area contributed by atoms with Crippen LogP contribution in [0.1, 0.15) is 25.3 Å². The van der Waals surface area contributed by atoms with E-state index in [-0.39, 0.29) is 5.56 Å². The van der Waals surface area contributed by atoms with Gasteiger partial charge in [0, 0.05) is 18.0 Å². The van der Waals surface area contributed by atoms with Crippen molar-refractivity contribution in [2.45, 2.75) is 19.8 Å². The molecule has 0 heterocycles. The molecule has 16 heavy (non-hydrogen) atoms. The Kier molecular flexibility index (Phi) is 5.25. The summed E-state index contributed by atoms with van der Waals surface area (Å²) in [7, 11) is -1.31. The first-order valence-corrected chi connectivity index (χ1v) is 6.28. The van der Waals surface area contributed by atoms with Crippen molar-refractivity contribution in [3.8, 4) is 0 Å². The van der Waals surface area contributed by atoms with E-state index in [0.717, 1.165) is 31.0 Å². The third kappa shape index (κ3) is 4.61. The highest BCUT2D eigenvalue weighted by atomic mass is 32.2. The van der Waals surface area contributed by atoms with Crippen molar-refractivity contribution in [2.24, 2.45) is 4.40 Å². The molecule has 0 radical (unpaired) electrons. The fraction of sp³-hybridized carbons (Fsp3) is 0.364. The first kappa shape index (κ1) is 13.0. The molecule has 0 N–H and O–H groups in total. The standard InChI is InChI=1S/C11H13F2NOS/c1-2-3-4-16(15)14-8-9-5-10(12)7-11(13)6-9/h5-8H,2-4H2,1H3/b14-8+/t16-/m1/s1. The number of nitrogens with zero attached hydrogens (tertiary/aromatic N) is 1. The Bertz CT molecular complexity index is 387. The van der Waals surface area contributed by atoms with Crippen LogP contribution in [0.4, 0.5) is 8.78 Å². The van der Waals surface area contributed by atoms with Gasteiger partial charge in [-0.1, -0.05) is 13.3 Å². The third-order valence-corrected chi connectivity index (χ3v) is 2.86. The van der Waals surface area contributed by atoms with Crippen LogP contribution >= 0.6 is 0 Å². The van der Waals surface area contributed by atoms with E-state index in [4.69, 9.17) is 0 Å². The predicted octanol–water partition coefficient (Wildman–Crippen LogP) is 2.85. The Morgan fingerprint density at radius 2 is 1.94 bits per heavy atom. The Hall–Kier alpha value is -1.10. The molecule has 0 saturated carbocycles. The molecule has 1 aromatic rings. The monoisotopic (exact) mass is 245 g/mol. The average Bonchev–Trinajstić information content (AvgIpc) is 2.22. The van der Waals surface area contributed by atoms with Gasteiger partial charge in [0.05, 0.1) is 0 Å². The first-order chi connectivity index (χ1) is 7.61. The minimum atomic E-state index is -1.31. The molecule has 1 rings (SSSR count). The van der Waals surface area contributed by atoms with Crippen LogP contribution in [0.5, 0.6) is 0 Å². The minimum Gasteiger partial charge on any atom is -0.235 e. The zero-order valence-corrected chi connectivity index (χ0v) is 9.77. The van der Waals surface area contributed by atoms with E-state index in [0.29, 0.717) is 5.75 Å². The summed E-state index contributed by atoms with van der Waals surface area (Å²) < 4.78 is 40.6. The predicted molar refractivity (Wildman–Crippen MR) is 61.9 cm³/mol. The fourth-order valence-corrected chi connectivity index (χ4v) is 1.97. The summed E-state index contributed by atoms with van der Waals surface area (Å²) in [6, 6.07) is 3.07. The van der Waals surface area contributed by atoms with E-state index >= 15 is 0 Å². The molecule has 2 nitrogen and oxygen atoms in total. The van der Waals surface area contributed by atoms with Crippen molar-refractivity contribution in [3.63, 3.8) is 0 Å². The van der Waals surface area contributed by atoms with Crippen molar-refractivity contribution in [1.82, 2.24) is 0 Å². The topological polar surface area (TPSA) is 29.4 Å². The van der Waals surface area contributed by atoms with Crippen molar-refractivity contribution in [1.29, 1.82) is 0 Å². The normalized spacial score (nSPS) is 13.2. The van der Waals surface area contributed by atoms with Crippen molar-refractivity contribution in [3.05, 3.63) is 35.4 Å². The summed E-state index contributed by atoms with van der Waals surface area (Å²) in [5, 5.41) is 0. The summed E-state index contributed by atoms with van der Waals surface area (Å²) in [5.74, 6) is -0.855. The minimum absolute atomic E-state index is 0.280. The van der Waals surface area contributed by atoms with Crippen molar-refractivity contribution < 1.29 is 13.0 Å². The number of unbranched alkanes of at least 4 members (excludes halogenated alkanes) is 1. The highest BCUT2D eigenvalue weighted by molar-refractivity contribution is 7.83. The summed E-state index contributed by atoms with van der Waals surface area (Å²) in [6.07, 6.45) is 3.00. The van der Waals surface area contributed by atoms with E-state index in [1.807, 2.05) is 6.92 Å². The van der Waals surface area contributed by atoms with Gasteiger partial charge >= 0.3 is 0 Å². The summed E-state index contributed by atoms with van der Waals surface area (Å²) in [4.78, 5) is 0. The number of halogens is 2. The van der Waals surface area contributed by atoms with E-state index in [2.05, 4.69) is 4.40 Å². The SMILES string of the molecule is CCCC[S@@](=O)/N=C/c1cc(F)cc(F)c1. The largest absolute Gasteiger partial charge is 0.235 e. The second kappa shape index (κ2) is 6.48. The maximum atomic E-state index is 12.8. The quantitative estimate of drug-likeness (QED) is 0.733. The number of hydrogen-bond acceptors (Lipinski definition) is 1. The highest BCUT2D eigenvalue weighted by Crippen LogP contribution is 2.06. The Morgan fingerprint density at radius 3 is 2.50 bits per heavy atom. The Balaban J connectivity index is 2.65. The maximum Gasteiger partial charge on any atom is 0.139 e. The Morgan fingerprint density at radius 1 is 1.31 bits per heavy atom. The molecule has 1 aromatic carbocycles. The molecule has 0 aliphatic heterocycles. The van der Waals surface area contributed by atoms with E-state index in [1.165, 1.54) is 6.21 Å². The second-order valence-electron chi connectivity index (χ2n) is 3.32. The van der Waals surface area contributed by atoms with Gasteiger partial charge in [0.2, 0.25) is 0 Å². The summed E-state index contributed by atoms with van der Waals surface area (Å²) in [5.41, 5.74) is 0.280. The lowest BCUT2D eigenvalue weighted by Gasteiger charge is -1.95. The molecule has 0 saturated heterocycles. The number of benzene rings is 1. The molecule has 0 bridgehead atoms. The zero-order chi connectivity index (χ0) is 12.0. The van der Waals surface area contributed by atoms with Gasteiger partial charge in [-0.3, -0.25) is 0 Å². The lowest BCUT2D eigenvalue weighted by atomic mass is 10.2. The lowest BCUT2D eigenvalue weighted by Crippen LogP contribution is -1.94. The average molecular weight is 245 g/mol. The number of rotatable bonds is 5. The van der Waals surface area contributed by atoms with Crippen LogP contribution in [0.15, 0.2) is 22.6 Å². The van der Waals surface area contributed by atoms with Crippen LogP contribution in [0, 0.1) is 11.6 Å². The van der Waals surface area contributed by atoms with Crippen LogP contribution in [-0.4, -0.2) is 16.2 Å². The van der Waals surface area contributed by atoms with Crippen molar-refractivity contribution >= 4 is 17.2 Å². The van der Waals surface area contributed by atoms with Gasteiger partial charge in [-0.25, -0.2) is 13.0 Å². The van der Waals surface area contributed by atoms with Gasteiger partial charge in [0.25, 0.3) is 0 Å². The molecule has 0 aliphatic rings. The highest BCUT2D eigenvalue weighted by Gasteiger charge is 1.99. The van der Waals surface area contributed by atoms with Crippen LogP contribution in [0.2, 0.25) is 0 Å². The van der Waals surface area contributed by atoms with Crippen LogP contribution in [0.25, 0.3) is 0 Å². The fourth-order valence-electron chi connectivity index (χ4n) is 1.09. The van der Waals surface area contributed by atoms with Gasteiger partial charge in [0.1, 0.15) is 22.6 Å². The van der Waals surface area contributed by atoms with Gasteiger partial charge in [-0.05, 0) is 24.1 Å². The van der Waals surface area contributed by atoms with Crippen LogP contribution in [-0.2, 0) is 11.0 Å². The Labute approximate surface area is 96.0 Å². The van der Waals surface area contributed by atoms with Crippen LogP contribution < -0.4 is 0 Å². The molecule has 0 aliphatic carbocycles.